The molecule has 0 unspecified atom stereocenters. The van der Waals surface area contributed by atoms with E-state index in [1.54, 1.807) is 22.5 Å². The fourth-order valence-electron chi connectivity index (χ4n) is 3.38. The van der Waals surface area contributed by atoms with Crippen LogP contribution in [0.3, 0.4) is 0 Å². The topological polar surface area (TPSA) is 40.6 Å². The van der Waals surface area contributed by atoms with Gasteiger partial charge in [-0.05, 0) is 55.7 Å². The van der Waals surface area contributed by atoms with Gasteiger partial charge in [0.25, 0.3) is 0 Å². The first kappa shape index (κ1) is 18.2. The zero-order chi connectivity index (χ0) is 18.2. The molecule has 1 aliphatic rings. The molecule has 1 saturated heterocycles. The van der Waals surface area contributed by atoms with E-state index in [2.05, 4.69) is 36.9 Å². The lowest BCUT2D eigenvalue weighted by molar-refractivity contribution is 0.384. The SMILES string of the molecule is Cc1cc(S(=O)(=O)N2CCN(c3c(C)cccc3C)CC2)ccc1Cl. The standard InChI is InChI=1S/C19H23ClN2O2S/c1-14-5-4-6-15(2)19(14)21-9-11-22(12-10-21)25(23,24)17-7-8-18(20)16(3)13-17/h4-8,13H,9-12H2,1-3H3. The fraction of sp³-hybridized carbons (Fsp3) is 0.368. The normalized spacial score (nSPS) is 16.2. The van der Waals surface area contributed by atoms with Crippen LogP contribution in [0.1, 0.15) is 16.7 Å². The van der Waals surface area contributed by atoms with Crippen LogP contribution < -0.4 is 4.90 Å². The fourth-order valence-corrected chi connectivity index (χ4v) is 5.01. The van der Waals surface area contributed by atoms with Crippen LogP contribution in [-0.4, -0.2) is 38.9 Å². The molecule has 0 bridgehead atoms. The molecule has 3 rings (SSSR count). The van der Waals surface area contributed by atoms with E-state index in [9.17, 15) is 8.42 Å². The Bertz CT molecular complexity index is 868. The highest BCUT2D eigenvalue weighted by Gasteiger charge is 2.29. The van der Waals surface area contributed by atoms with E-state index in [1.807, 2.05) is 6.92 Å². The largest absolute Gasteiger partial charge is 0.368 e. The molecular formula is C19H23ClN2O2S. The first-order valence-corrected chi connectivity index (χ1v) is 10.2. The molecule has 1 fully saturated rings. The van der Waals surface area contributed by atoms with E-state index in [-0.39, 0.29) is 0 Å². The van der Waals surface area contributed by atoms with Gasteiger partial charge in [-0.3, -0.25) is 0 Å². The van der Waals surface area contributed by atoms with Crippen LogP contribution in [0.2, 0.25) is 5.02 Å². The van der Waals surface area contributed by atoms with Crippen LogP contribution in [0.15, 0.2) is 41.3 Å². The van der Waals surface area contributed by atoms with E-state index < -0.39 is 10.0 Å². The first-order valence-electron chi connectivity index (χ1n) is 8.38. The molecule has 2 aromatic carbocycles. The summed E-state index contributed by atoms with van der Waals surface area (Å²) in [4.78, 5) is 2.60. The Morgan fingerprint density at radius 3 is 2.04 bits per heavy atom. The second kappa shape index (κ2) is 6.98. The van der Waals surface area contributed by atoms with Crippen molar-refractivity contribution in [2.24, 2.45) is 0 Å². The molecule has 4 nitrogen and oxygen atoms in total. The number of piperazine rings is 1. The summed E-state index contributed by atoms with van der Waals surface area (Å²) in [5.74, 6) is 0. The van der Waals surface area contributed by atoms with Crippen LogP contribution in [0.4, 0.5) is 5.69 Å². The van der Waals surface area contributed by atoms with Crippen molar-refractivity contribution in [1.29, 1.82) is 0 Å². The van der Waals surface area contributed by atoms with Crippen LogP contribution in [-0.2, 0) is 10.0 Å². The van der Waals surface area contributed by atoms with Crippen LogP contribution in [0.25, 0.3) is 0 Å². The number of hydrogen-bond donors (Lipinski definition) is 0. The molecule has 6 heteroatoms. The number of sulfonamides is 1. The highest BCUT2D eigenvalue weighted by atomic mass is 35.5. The number of para-hydroxylation sites is 1. The first-order chi connectivity index (χ1) is 11.8. The van der Waals surface area contributed by atoms with Gasteiger partial charge in [0, 0.05) is 36.9 Å². The Morgan fingerprint density at radius 2 is 1.48 bits per heavy atom. The predicted molar refractivity (Wildman–Crippen MR) is 103 cm³/mol. The second-order valence-corrected chi connectivity index (χ2v) is 8.89. The average molecular weight is 379 g/mol. The van der Waals surface area contributed by atoms with Crippen LogP contribution in [0.5, 0.6) is 0 Å². The van der Waals surface area contributed by atoms with Crippen LogP contribution in [0, 0.1) is 20.8 Å². The van der Waals surface area contributed by atoms with Gasteiger partial charge in [-0.25, -0.2) is 8.42 Å². The van der Waals surface area contributed by atoms with Crippen molar-refractivity contribution in [2.45, 2.75) is 25.7 Å². The number of benzene rings is 2. The molecule has 0 spiro atoms. The van der Waals surface area contributed by atoms with Crippen molar-refractivity contribution in [1.82, 2.24) is 4.31 Å². The maximum atomic E-state index is 12.9. The van der Waals surface area contributed by atoms with Gasteiger partial charge in [0.1, 0.15) is 0 Å². The number of halogens is 1. The van der Waals surface area contributed by atoms with Crippen molar-refractivity contribution in [2.75, 3.05) is 31.1 Å². The molecule has 0 N–H and O–H groups in total. The number of rotatable bonds is 3. The lowest BCUT2D eigenvalue weighted by Gasteiger charge is -2.37. The molecule has 0 aliphatic carbocycles. The van der Waals surface area contributed by atoms with Gasteiger partial charge in [-0.15, -0.1) is 0 Å². The third kappa shape index (κ3) is 3.54. The molecule has 0 saturated carbocycles. The zero-order valence-electron chi connectivity index (χ0n) is 14.8. The maximum Gasteiger partial charge on any atom is 0.243 e. The van der Waals surface area contributed by atoms with Gasteiger partial charge in [-0.2, -0.15) is 4.31 Å². The van der Waals surface area contributed by atoms with E-state index >= 15 is 0 Å². The third-order valence-corrected chi connectivity index (χ3v) is 7.08. The summed E-state index contributed by atoms with van der Waals surface area (Å²) in [5.41, 5.74) is 4.45. The highest BCUT2D eigenvalue weighted by molar-refractivity contribution is 7.89. The summed E-state index contributed by atoms with van der Waals surface area (Å²) >= 11 is 6.02. The number of hydrogen-bond acceptors (Lipinski definition) is 3. The Hall–Kier alpha value is -1.56. The van der Waals surface area contributed by atoms with Crippen molar-refractivity contribution in [3.05, 3.63) is 58.1 Å². The van der Waals surface area contributed by atoms with Gasteiger partial charge in [-0.1, -0.05) is 29.8 Å². The van der Waals surface area contributed by atoms with Gasteiger partial charge in [0.15, 0.2) is 0 Å². The minimum Gasteiger partial charge on any atom is -0.368 e. The average Bonchev–Trinajstić information content (AvgIpc) is 2.57. The molecule has 0 radical (unpaired) electrons. The molecular weight excluding hydrogens is 356 g/mol. The summed E-state index contributed by atoms with van der Waals surface area (Å²) in [6.07, 6.45) is 0. The molecule has 25 heavy (non-hydrogen) atoms. The number of aryl methyl sites for hydroxylation is 3. The van der Waals surface area contributed by atoms with E-state index in [4.69, 9.17) is 11.6 Å². The predicted octanol–water partition coefficient (Wildman–Crippen LogP) is 3.78. The molecule has 0 amide bonds. The van der Waals surface area contributed by atoms with Gasteiger partial charge in [0.2, 0.25) is 10.0 Å². The Morgan fingerprint density at radius 1 is 0.880 bits per heavy atom. The minimum absolute atomic E-state index is 0.315. The summed E-state index contributed by atoms with van der Waals surface area (Å²) in [5, 5.41) is 0.582. The van der Waals surface area contributed by atoms with Crippen molar-refractivity contribution >= 4 is 27.3 Å². The summed E-state index contributed by atoms with van der Waals surface area (Å²) in [7, 11) is -3.48. The Balaban J connectivity index is 1.78. The quantitative estimate of drug-likeness (QED) is 0.816. The smallest absolute Gasteiger partial charge is 0.243 e. The highest BCUT2D eigenvalue weighted by Crippen LogP contribution is 2.28. The summed E-state index contributed by atoms with van der Waals surface area (Å²) < 4.78 is 27.4. The molecule has 0 aromatic heterocycles. The minimum atomic E-state index is -3.48. The Kier molecular flexibility index (Phi) is 5.09. The second-order valence-electron chi connectivity index (χ2n) is 6.54. The van der Waals surface area contributed by atoms with E-state index in [0.717, 1.165) is 5.56 Å². The lowest BCUT2D eigenvalue weighted by atomic mass is 10.1. The Labute approximate surface area is 155 Å². The monoisotopic (exact) mass is 378 g/mol. The van der Waals surface area contributed by atoms with Gasteiger partial charge >= 0.3 is 0 Å². The van der Waals surface area contributed by atoms with E-state index in [1.165, 1.54) is 16.8 Å². The molecule has 2 aromatic rings. The van der Waals surface area contributed by atoms with Crippen molar-refractivity contribution in [3.8, 4) is 0 Å². The summed E-state index contributed by atoms with van der Waals surface area (Å²) in [6.45, 7) is 8.37. The third-order valence-electron chi connectivity index (χ3n) is 4.76. The van der Waals surface area contributed by atoms with Crippen molar-refractivity contribution in [3.63, 3.8) is 0 Å². The van der Waals surface area contributed by atoms with Gasteiger partial charge in [0.05, 0.1) is 4.90 Å². The summed E-state index contributed by atoms with van der Waals surface area (Å²) in [6, 6.07) is 11.1. The zero-order valence-corrected chi connectivity index (χ0v) is 16.4. The van der Waals surface area contributed by atoms with Crippen molar-refractivity contribution < 1.29 is 8.42 Å². The number of anilines is 1. The molecule has 1 heterocycles. The van der Waals surface area contributed by atoms with E-state index in [0.29, 0.717) is 36.1 Å². The lowest BCUT2D eigenvalue weighted by Crippen LogP contribution is -2.49. The van der Waals surface area contributed by atoms with Crippen LogP contribution >= 0.6 is 11.6 Å². The molecule has 1 aliphatic heterocycles. The number of nitrogens with zero attached hydrogens (tertiary/aromatic N) is 2. The van der Waals surface area contributed by atoms with Gasteiger partial charge < -0.3 is 4.90 Å². The molecule has 134 valence electrons. The maximum absolute atomic E-state index is 12.9. The molecule has 0 atom stereocenters.